The van der Waals surface area contributed by atoms with Crippen molar-refractivity contribution >= 4 is 28.1 Å². The van der Waals surface area contributed by atoms with Gasteiger partial charge in [-0.1, -0.05) is 29.8 Å². The zero-order chi connectivity index (χ0) is 19.0. The molecule has 7 nitrogen and oxygen atoms in total. The van der Waals surface area contributed by atoms with Gasteiger partial charge in [0, 0.05) is 12.4 Å². The summed E-state index contributed by atoms with van der Waals surface area (Å²) in [6, 6.07) is 8.35. The molecule has 4 aromatic rings. The van der Waals surface area contributed by atoms with Crippen LogP contribution in [0.25, 0.3) is 5.69 Å². The topological polar surface area (TPSA) is 69.2 Å². The average molecular weight is 444 g/mol. The number of benzene rings is 1. The molecule has 1 aromatic carbocycles. The van der Waals surface area contributed by atoms with Crippen LogP contribution < -0.4 is 0 Å². The first-order chi connectivity index (χ1) is 13.0. The first kappa shape index (κ1) is 17.9. The smallest absolute Gasteiger partial charge is 0.200 e. The van der Waals surface area contributed by atoms with Crippen molar-refractivity contribution in [2.45, 2.75) is 26.4 Å². The number of halogens is 1. The van der Waals surface area contributed by atoms with Crippen LogP contribution in [0.15, 0.2) is 53.5 Å². The lowest BCUT2D eigenvalue weighted by molar-refractivity contribution is 0.527. The quantitative estimate of drug-likeness (QED) is 0.472. The second kappa shape index (κ2) is 7.24. The monoisotopic (exact) mass is 443 g/mol. The SMILES string of the molecule is Cc1ccc(Cn2cc(-n3c([C@H](C)n4cc(Br)cn4)n[nH]c3=S)cn2)cc1. The van der Waals surface area contributed by atoms with Gasteiger partial charge in [0.25, 0.3) is 0 Å². The molecule has 0 aliphatic rings. The minimum Gasteiger partial charge on any atom is -0.267 e. The maximum absolute atomic E-state index is 5.45. The van der Waals surface area contributed by atoms with Crippen LogP contribution in [0.2, 0.25) is 0 Å². The predicted molar refractivity (Wildman–Crippen MR) is 109 cm³/mol. The summed E-state index contributed by atoms with van der Waals surface area (Å²) in [7, 11) is 0. The summed E-state index contributed by atoms with van der Waals surface area (Å²) >= 11 is 8.88. The number of nitrogens with one attached hydrogen (secondary N) is 1. The first-order valence-corrected chi connectivity index (χ1v) is 9.67. The fraction of sp³-hybridized carbons (Fsp3) is 0.222. The van der Waals surface area contributed by atoms with Crippen LogP contribution in [-0.2, 0) is 6.54 Å². The van der Waals surface area contributed by atoms with E-state index in [1.54, 1.807) is 12.4 Å². The summed E-state index contributed by atoms with van der Waals surface area (Å²) in [5, 5.41) is 16.1. The molecule has 0 aliphatic carbocycles. The van der Waals surface area contributed by atoms with Gasteiger partial charge in [0.1, 0.15) is 6.04 Å². The van der Waals surface area contributed by atoms with Crippen LogP contribution in [0.4, 0.5) is 0 Å². The van der Waals surface area contributed by atoms with Gasteiger partial charge in [0.05, 0.1) is 29.1 Å². The number of nitrogens with zero attached hydrogens (tertiary/aromatic N) is 6. The van der Waals surface area contributed by atoms with Gasteiger partial charge in [0.15, 0.2) is 10.6 Å². The van der Waals surface area contributed by atoms with Crippen LogP contribution in [0.5, 0.6) is 0 Å². The van der Waals surface area contributed by atoms with Crippen molar-refractivity contribution < 1.29 is 0 Å². The molecular formula is C18H18BrN7S. The Hall–Kier alpha value is -2.52. The van der Waals surface area contributed by atoms with Gasteiger partial charge in [-0.15, -0.1) is 0 Å². The highest BCUT2D eigenvalue weighted by molar-refractivity contribution is 9.10. The van der Waals surface area contributed by atoms with Crippen molar-refractivity contribution in [2.75, 3.05) is 0 Å². The molecule has 27 heavy (non-hydrogen) atoms. The predicted octanol–water partition coefficient (Wildman–Crippen LogP) is 4.05. The molecule has 0 radical (unpaired) electrons. The molecule has 1 N–H and O–H groups in total. The molecule has 4 rings (SSSR count). The Morgan fingerprint density at radius 1 is 1.15 bits per heavy atom. The van der Waals surface area contributed by atoms with Crippen LogP contribution in [0.1, 0.15) is 29.9 Å². The minimum atomic E-state index is -0.0929. The van der Waals surface area contributed by atoms with Crippen LogP contribution >= 0.6 is 28.1 Å². The van der Waals surface area contributed by atoms with Crippen LogP contribution in [-0.4, -0.2) is 34.3 Å². The molecule has 3 heterocycles. The lowest BCUT2D eigenvalue weighted by Gasteiger charge is -2.12. The molecule has 3 aromatic heterocycles. The Bertz CT molecular complexity index is 1120. The van der Waals surface area contributed by atoms with Crippen molar-refractivity contribution in [2.24, 2.45) is 0 Å². The molecule has 0 aliphatic heterocycles. The van der Waals surface area contributed by atoms with Gasteiger partial charge in [-0.05, 0) is 47.6 Å². The van der Waals surface area contributed by atoms with Crippen molar-refractivity contribution in [3.63, 3.8) is 0 Å². The van der Waals surface area contributed by atoms with E-state index in [1.165, 1.54) is 11.1 Å². The second-order valence-electron chi connectivity index (χ2n) is 6.42. The summed E-state index contributed by atoms with van der Waals surface area (Å²) < 4.78 is 7.07. The summed E-state index contributed by atoms with van der Waals surface area (Å²) in [5.74, 6) is 0.769. The minimum absolute atomic E-state index is 0.0929. The highest BCUT2D eigenvalue weighted by Crippen LogP contribution is 2.21. The van der Waals surface area contributed by atoms with E-state index < -0.39 is 0 Å². The number of H-pyrrole nitrogens is 1. The van der Waals surface area contributed by atoms with E-state index in [1.807, 2.05) is 33.2 Å². The van der Waals surface area contributed by atoms with E-state index in [0.29, 0.717) is 11.3 Å². The van der Waals surface area contributed by atoms with E-state index in [-0.39, 0.29) is 6.04 Å². The first-order valence-electron chi connectivity index (χ1n) is 8.46. The largest absolute Gasteiger partial charge is 0.267 e. The van der Waals surface area contributed by atoms with Gasteiger partial charge in [-0.2, -0.15) is 15.3 Å². The number of rotatable bonds is 5. The van der Waals surface area contributed by atoms with Gasteiger partial charge in [0.2, 0.25) is 0 Å². The molecular weight excluding hydrogens is 426 g/mol. The molecule has 0 unspecified atom stereocenters. The Balaban J connectivity index is 1.64. The standard InChI is InChI=1S/C18H18BrN7S/c1-12-3-5-14(6-4-12)9-24-11-16(8-20-24)26-17(22-23-18(26)27)13(2)25-10-15(19)7-21-25/h3-8,10-11,13H,9H2,1-2H3,(H,23,27)/t13-/m0/s1. The summed E-state index contributed by atoms with van der Waals surface area (Å²) in [6.45, 7) is 4.80. The fourth-order valence-electron chi connectivity index (χ4n) is 2.92. The maximum atomic E-state index is 5.45. The lowest BCUT2D eigenvalue weighted by atomic mass is 10.1. The van der Waals surface area contributed by atoms with E-state index in [2.05, 4.69) is 67.5 Å². The Labute approximate surface area is 169 Å². The van der Waals surface area contributed by atoms with Gasteiger partial charge < -0.3 is 0 Å². The third-order valence-corrected chi connectivity index (χ3v) is 5.07. The number of aryl methyl sites for hydroxylation is 1. The third-order valence-electron chi connectivity index (χ3n) is 4.38. The molecule has 0 saturated carbocycles. The Kier molecular flexibility index (Phi) is 4.79. The molecule has 0 saturated heterocycles. The molecule has 9 heteroatoms. The average Bonchev–Trinajstić information content (AvgIpc) is 3.36. The van der Waals surface area contributed by atoms with Gasteiger partial charge in [-0.3, -0.25) is 19.0 Å². The summed E-state index contributed by atoms with van der Waals surface area (Å²) in [6.07, 6.45) is 7.43. The van der Waals surface area contributed by atoms with Crippen LogP contribution in [0.3, 0.4) is 0 Å². The second-order valence-corrected chi connectivity index (χ2v) is 7.72. The highest BCUT2D eigenvalue weighted by Gasteiger charge is 2.19. The number of aromatic nitrogens is 7. The highest BCUT2D eigenvalue weighted by atomic mass is 79.9. The van der Waals surface area contributed by atoms with E-state index in [4.69, 9.17) is 12.2 Å². The van der Waals surface area contributed by atoms with Crippen molar-refractivity contribution in [3.05, 3.63) is 75.2 Å². The molecule has 0 fully saturated rings. The third kappa shape index (κ3) is 3.65. The number of aromatic amines is 1. The van der Waals surface area contributed by atoms with Crippen LogP contribution in [0, 0.1) is 11.7 Å². The summed E-state index contributed by atoms with van der Waals surface area (Å²) in [5.41, 5.74) is 3.31. The molecule has 138 valence electrons. The normalized spacial score (nSPS) is 12.4. The van der Waals surface area contributed by atoms with Gasteiger partial charge >= 0.3 is 0 Å². The zero-order valence-electron chi connectivity index (χ0n) is 14.9. The number of hydrogen-bond acceptors (Lipinski definition) is 4. The molecule has 0 spiro atoms. The Morgan fingerprint density at radius 2 is 1.93 bits per heavy atom. The van der Waals surface area contributed by atoms with E-state index in [9.17, 15) is 0 Å². The fourth-order valence-corrected chi connectivity index (χ4v) is 3.46. The maximum Gasteiger partial charge on any atom is 0.200 e. The molecule has 0 bridgehead atoms. The van der Waals surface area contributed by atoms with E-state index >= 15 is 0 Å². The zero-order valence-corrected chi connectivity index (χ0v) is 17.3. The molecule has 0 amide bonds. The van der Waals surface area contributed by atoms with Crippen molar-refractivity contribution in [3.8, 4) is 5.69 Å². The van der Waals surface area contributed by atoms with E-state index in [0.717, 1.165) is 16.0 Å². The van der Waals surface area contributed by atoms with Gasteiger partial charge in [-0.25, -0.2) is 0 Å². The van der Waals surface area contributed by atoms with Crippen molar-refractivity contribution in [1.29, 1.82) is 0 Å². The number of hydrogen-bond donors (Lipinski definition) is 1. The Morgan fingerprint density at radius 3 is 2.63 bits per heavy atom. The summed E-state index contributed by atoms with van der Waals surface area (Å²) in [4.78, 5) is 0. The van der Waals surface area contributed by atoms with Crippen molar-refractivity contribution in [1.82, 2.24) is 34.3 Å². The molecule has 1 atom stereocenters. The lowest BCUT2D eigenvalue weighted by Crippen LogP contribution is -2.13.